The molecule has 10 rings (SSSR count). The summed E-state index contributed by atoms with van der Waals surface area (Å²) in [7, 11) is 1.78. The van der Waals surface area contributed by atoms with Gasteiger partial charge in [0.15, 0.2) is 11.5 Å². The number of nitrogens with one attached hydrogen (secondary N) is 2. The van der Waals surface area contributed by atoms with Gasteiger partial charge in [-0.1, -0.05) is 36.2 Å². The normalized spacial score (nSPS) is 19.3. The van der Waals surface area contributed by atoms with Gasteiger partial charge in [-0.3, -0.25) is 34.5 Å². The van der Waals surface area contributed by atoms with Gasteiger partial charge >= 0.3 is 12.2 Å². The summed E-state index contributed by atoms with van der Waals surface area (Å²) in [6.45, 7) is 1.57. The van der Waals surface area contributed by atoms with Crippen LogP contribution < -0.4 is 26.2 Å². The molecule has 2 aromatic carbocycles. The Balaban J connectivity index is 0.000000656. The number of imidazole rings is 1. The fourth-order valence-electron chi connectivity index (χ4n) is 9.82. The number of nitrogens with two attached hydrogens (primary N) is 1. The minimum atomic E-state index is -3.90. The van der Waals surface area contributed by atoms with Crippen LogP contribution in [0.2, 0.25) is 5.02 Å². The fraction of sp³-hybridized carbons (Fsp3) is 0.426. The largest absolute Gasteiger partial charge is 0.391 e. The standard InChI is InChI=1S/C42H42ClF2N11O4.C5H7F3/c1-47-31-20-35(51-56-34(37(46)58)22-49-38(31)56)54-14-9-28-27(3-2-4-32(28)54)30-8-5-25(21-48-30)23-52-16-11-41(42(44,45)24-52)12-17-53(18-13-41)39(59)26-6-7-29(43)33(19-26)55-15-10-36(57)50-40(55)60;6-5(7,8)4-2-1-3-4/h2-8,19-22,47H,9-18,23-24H2,1H3,(H2,46,58)(H,50,57,60);4H,1-3H2. The number of anilines is 4. The molecule has 1 aliphatic carbocycles. The van der Waals surface area contributed by atoms with Gasteiger partial charge in [0.2, 0.25) is 5.91 Å². The number of benzene rings is 2. The number of likely N-dealkylation sites (tertiary alicyclic amines) is 2. The Morgan fingerprint density at radius 1 is 0.912 bits per heavy atom. The highest BCUT2D eigenvalue weighted by Gasteiger charge is 2.57. The highest BCUT2D eigenvalue weighted by molar-refractivity contribution is 6.34. The molecule has 5 aromatic rings. The van der Waals surface area contributed by atoms with Gasteiger partial charge in [-0.05, 0) is 86.5 Å². The molecule has 5 amide bonds. The quantitative estimate of drug-likeness (QED) is 0.130. The first-order valence-corrected chi connectivity index (χ1v) is 22.9. The number of hydrogen-bond donors (Lipinski definition) is 3. The van der Waals surface area contributed by atoms with E-state index in [9.17, 15) is 32.3 Å². The number of alkyl halides is 5. The predicted octanol–water partition coefficient (Wildman–Crippen LogP) is 7.84. The van der Waals surface area contributed by atoms with Crippen LogP contribution in [0.15, 0.2) is 67.0 Å². The van der Waals surface area contributed by atoms with Gasteiger partial charge in [0, 0.05) is 80.7 Å². The SMILES string of the molecule is CNc1cc(N2CCc3c(-c4ccc(CN5CCC6(CCN(C(=O)c7ccc(Cl)c(N8CCC(=O)NC8=O)c7)CC6)C(F)(F)C5)cn4)cccc32)nn2c(C(N)=O)cnc12.FC(F)(F)C1CCC1. The molecule has 4 N–H and O–H groups in total. The summed E-state index contributed by atoms with van der Waals surface area (Å²) in [6, 6.07) is 15.8. The summed E-state index contributed by atoms with van der Waals surface area (Å²) in [5.74, 6) is -4.64. The van der Waals surface area contributed by atoms with Gasteiger partial charge in [0.25, 0.3) is 17.7 Å². The Hall–Kier alpha value is -6.41. The number of nitrogens with zero attached hydrogens (tertiary/aromatic N) is 8. The molecule has 7 heterocycles. The average Bonchev–Trinajstić information content (AvgIpc) is 3.93. The number of piperidine rings is 2. The molecule has 0 unspecified atom stereocenters. The lowest BCUT2D eigenvalue weighted by Gasteiger charge is -2.51. The number of halogens is 6. The van der Waals surface area contributed by atoms with E-state index in [1.807, 2.05) is 36.4 Å². The molecule has 1 spiro atoms. The lowest BCUT2D eigenvalue weighted by atomic mass is 9.68. The second kappa shape index (κ2) is 18.2. The van der Waals surface area contributed by atoms with Gasteiger partial charge in [-0.15, -0.1) is 5.10 Å². The summed E-state index contributed by atoms with van der Waals surface area (Å²) in [4.78, 5) is 65.6. The van der Waals surface area contributed by atoms with E-state index in [-0.39, 0.29) is 68.0 Å². The van der Waals surface area contributed by atoms with Gasteiger partial charge in [-0.2, -0.15) is 13.2 Å². The van der Waals surface area contributed by atoms with Crippen molar-refractivity contribution in [3.05, 3.63) is 94.4 Å². The molecule has 358 valence electrons. The van der Waals surface area contributed by atoms with Crippen molar-refractivity contribution < 1.29 is 41.1 Å². The van der Waals surface area contributed by atoms with Gasteiger partial charge in [0.05, 0.1) is 40.8 Å². The van der Waals surface area contributed by atoms with Crippen LogP contribution in [0.25, 0.3) is 16.9 Å². The second-order valence-electron chi connectivity index (χ2n) is 18.0. The van der Waals surface area contributed by atoms with Crippen molar-refractivity contribution in [2.75, 3.05) is 61.4 Å². The van der Waals surface area contributed by atoms with Crippen molar-refractivity contribution in [3.8, 4) is 11.3 Å². The molecule has 4 aliphatic heterocycles. The van der Waals surface area contributed by atoms with E-state index < -0.39 is 35.4 Å². The number of carbonyl (C=O) groups excluding carboxylic acids is 4. The number of imide groups is 1. The molecular weight excluding hydrogens is 913 g/mol. The van der Waals surface area contributed by atoms with Crippen molar-refractivity contribution >= 4 is 63.9 Å². The average molecular weight is 962 g/mol. The van der Waals surface area contributed by atoms with Crippen LogP contribution in [0, 0.1) is 11.3 Å². The number of fused-ring (bicyclic) bond motifs is 2. The summed E-state index contributed by atoms with van der Waals surface area (Å²) < 4.78 is 68.3. The summed E-state index contributed by atoms with van der Waals surface area (Å²) >= 11 is 6.37. The third-order valence-corrected chi connectivity index (χ3v) is 14.3. The minimum Gasteiger partial charge on any atom is -0.385 e. The minimum absolute atomic E-state index is 0.104. The highest BCUT2D eigenvalue weighted by atomic mass is 35.5. The van der Waals surface area contributed by atoms with Gasteiger partial charge in [-0.25, -0.2) is 23.1 Å². The van der Waals surface area contributed by atoms with E-state index in [0.717, 1.165) is 40.9 Å². The maximum atomic E-state index is 16.2. The predicted molar refractivity (Wildman–Crippen MR) is 244 cm³/mol. The van der Waals surface area contributed by atoms with E-state index in [0.29, 0.717) is 67.3 Å². The zero-order valence-corrected chi connectivity index (χ0v) is 37.8. The third kappa shape index (κ3) is 8.90. The Kier molecular flexibility index (Phi) is 12.5. The topological polar surface area (TPSA) is 174 Å². The molecule has 15 nitrogen and oxygen atoms in total. The smallest absolute Gasteiger partial charge is 0.385 e. The van der Waals surface area contributed by atoms with Crippen molar-refractivity contribution in [2.24, 2.45) is 17.1 Å². The summed E-state index contributed by atoms with van der Waals surface area (Å²) in [5.41, 5.74) is 11.0. The van der Waals surface area contributed by atoms with Crippen molar-refractivity contribution in [3.63, 3.8) is 0 Å². The monoisotopic (exact) mass is 961 g/mol. The fourth-order valence-corrected chi connectivity index (χ4v) is 10.0. The molecule has 5 aliphatic rings. The van der Waals surface area contributed by atoms with Crippen LogP contribution in [0.4, 0.5) is 49.6 Å². The van der Waals surface area contributed by atoms with Gasteiger partial charge < -0.3 is 20.9 Å². The molecule has 0 bridgehead atoms. The Morgan fingerprint density at radius 2 is 1.66 bits per heavy atom. The van der Waals surface area contributed by atoms with Crippen LogP contribution in [-0.2, 0) is 17.8 Å². The molecule has 1 saturated carbocycles. The van der Waals surface area contributed by atoms with E-state index in [1.54, 1.807) is 29.1 Å². The first-order chi connectivity index (χ1) is 32.4. The van der Waals surface area contributed by atoms with Gasteiger partial charge in [0.1, 0.15) is 5.69 Å². The number of amides is 5. The van der Waals surface area contributed by atoms with Crippen LogP contribution in [0.3, 0.4) is 0 Å². The first kappa shape index (κ1) is 46.7. The van der Waals surface area contributed by atoms with Crippen molar-refractivity contribution in [1.82, 2.24) is 34.7 Å². The zero-order chi connectivity index (χ0) is 48.1. The molecule has 4 fully saturated rings. The van der Waals surface area contributed by atoms with Crippen LogP contribution in [0.5, 0.6) is 0 Å². The maximum Gasteiger partial charge on any atom is 0.391 e. The molecule has 0 atom stereocenters. The molecule has 0 radical (unpaired) electrons. The Labute approximate surface area is 392 Å². The van der Waals surface area contributed by atoms with Crippen LogP contribution >= 0.6 is 11.6 Å². The number of aromatic nitrogens is 4. The second-order valence-corrected chi connectivity index (χ2v) is 18.4. The van der Waals surface area contributed by atoms with E-state index >= 15 is 8.78 Å². The van der Waals surface area contributed by atoms with E-state index in [2.05, 4.69) is 20.5 Å². The van der Waals surface area contributed by atoms with E-state index in [1.165, 1.54) is 27.7 Å². The number of urea groups is 1. The third-order valence-electron chi connectivity index (χ3n) is 14.0. The number of pyridine rings is 1. The Bertz CT molecular complexity index is 2780. The maximum absolute atomic E-state index is 16.2. The van der Waals surface area contributed by atoms with Crippen molar-refractivity contribution in [2.45, 2.75) is 70.0 Å². The molecule has 68 heavy (non-hydrogen) atoms. The lowest BCUT2D eigenvalue weighted by Crippen LogP contribution is -2.59. The molecule has 3 aromatic heterocycles. The van der Waals surface area contributed by atoms with Crippen LogP contribution in [-0.4, -0.2) is 112 Å². The summed E-state index contributed by atoms with van der Waals surface area (Å²) in [6.07, 6.45) is 2.20. The zero-order valence-electron chi connectivity index (χ0n) is 37.1. The van der Waals surface area contributed by atoms with Crippen molar-refractivity contribution in [1.29, 1.82) is 0 Å². The number of carbonyl (C=O) groups is 4. The molecule has 21 heteroatoms. The number of primary amides is 1. The lowest BCUT2D eigenvalue weighted by molar-refractivity contribution is -0.193. The molecule has 3 saturated heterocycles. The number of rotatable bonds is 8. The Morgan fingerprint density at radius 3 is 2.29 bits per heavy atom. The highest BCUT2D eigenvalue weighted by Crippen LogP contribution is 2.51. The number of hydrogen-bond acceptors (Lipinski definition) is 10. The first-order valence-electron chi connectivity index (χ1n) is 22.5. The summed E-state index contributed by atoms with van der Waals surface area (Å²) in [5, 5.41) is 10.4. The molecular formula is C47H49ClF5N11O4. The van der Waals surface area contributed by atoms with E-state index in [4.69, 9.17) is 27.4 Å². The van der Waals surface area contributed by atoms with Crippen LogP contribution in [0.1, 0.15) is 76.9 Å².